The van der Waals surface area contributed by atoms with Gasteiger partial charge in [0.1, 0.15) is 0 Å². The highest BCUT2D eigenvalue weighted by atomic mass is 19.4. The van der Waals surface area contributed by atoms with Gasteiger partial charge in [-0.3, -0.25) is 14.8 Å². The van der Waals surface area contributed by atoms with Crippen LogP contribution in [0.5, 0.6) is 0 Å². The first-order valence-corrected chi connectivity index (χ1v) is 9.61. The van der Waals surface area contributed by atoms with Crippen LogP contribution in [0, 0.1) is 0 Å². The van der Waals surface area contributed by atoms with Gasteiger partial charge in [-0.2, -0.15) is 13.2 Å². The summed E-state index contributed by atoms with van der Waals surface area (Å²) in [7, 11) is 0. The Morgan fingerprint density at radius 3 is 2.63 bits per heavy atom. The van der Waals surface area contributed by atoms with E-state index in [0.717, 1.165) is 25.0 Å². The van der Waals surface area contributed by atoms with E-state index in [0.29, 0.717) is 35.6 Å². The molecule has 1 aliphatic rings. The van der Waals surface area contributed by atoms with Gasteiger partial charge < -0.3 is 4.90 Å². The zero-order chi connectivity index (χ0) is 21.1. The van der Waals surface area contributed by atoms with Crippen molar-refractivity contribution in [3.8, 4) is 11.3 Å². The van der Waals surface area contributed by atoms with Crippen molar-refractivity contribution in [2.45, 2.75) is 24.9 Å². The number of likely N-dealkylation sites (tertiary alicyclic amines) is 1. The maximum atomic E-state index is 13.0. The lowest BCUT2D eigenvalue weighted by Crippen LogP contribution is -2.39. The van der Waals surface area contributed by atoms with Gasteiger partial charge in [0.25, 0.3) is 5.91 Å². The Hall–Kier alpha value is -3.29. The van der Waals surface area contributed by atoms with Gasteiger partial charge in [0, 0.05) is 48.7 Å². The van der Waals surface area contributed by atoms with Crippen molar-refractivity contribution in [1.82, 2.24) is 19.9 Å². The van der Waals surface area contributed by atoms with Crippen molar-refractivity contribution >= 4 is 5.91 Å². The number of carbonyl (C=O) groups excluding carboxylic acids is 1. The van der Waals surface area contributed by atoms with Gasteiger partial charge in [-0.15, -0.1) is 0 Å². The minimum atomic E-state index is -4.42. The number of aromatic nitrogens is 3. The van der Waals surface area contributed by atoms with Crippen LogP contribution in [0.1, 0.15) is 40.4 Å². The Bertz CT molecular complexity index is 1040. The van der Waals surface area contributed by atoms with Gasteiger partial charge in [-0.25, -0.2) is 4.98 Å². The van der Waals surface area contributed by atoms with E-state index < -0.39 is 11.7 Å². The number of alkyl halides is 3. The van der Waals surface area contributed by atoms with Crippen LogP contribution in [0.4, 0.5) is 13.2 Å². The van der Waals surface area contributed by atoms with E-state index >= 15 is 0 Å². The number of benzene rings is 1. The molecule has 1 amide bonds. The minimum Gasteiger partial charge on any atom is -0.338 e. The molecule has 154 valence electrons. The number of hydrogen-bond acceptors (Lipinski definition) is 4. The van der Waals surface area contributed by atoms with Crippen molar-refractivity contribution in [1.29, 1.82) is 0 Å². The van der Waals surface area contributed by atoms with E-state index in [-0.39, 0.29) is 11.8 Å². The smallest absolute Gasteiger partial charge is 0.338 e. The summed E-state index contributed by atoms with van der Waals surface area (Å²) in [6, 6.07) is 8.42. The van der Waals surface area contributed by atoms with Crippen molar-refractivity contribution in [3.63, 3.8) is 0 Å². The Morgan fingerprint density at radius 2 is 1.87 bits per heavy atom. The molecule has 1 atom stereocenters. The fourth-order valence-corrected chi connectivity index (χ4v) is 3.65. The summed E-state index contributed by atoms with van der Waals surface area (Å²) in [6.07, 6.45) is 3.48. The average Bonchev–Trinajstić information content (AvgIpc) is 2.79. The first kappa shape index (κ1) is 20.0. The van der Waals surface area contributed by atoms with Crippen molar-refractivity contribution in [2.24, 2.45) is 0 Å². The minimum absolute atomic E-state index is 0.0252. The first-order valence-electron chi connectivity index (χ1n) is 9.61. The summed E-state index contributed by atoms with van der Waals surface area (Å²) < 4.78 is 39.1. The van der Waals surface area contributed by atoms with E-state index in [1.807, 2.05) is 0 Å². The normalized spacial score (nSPS) is 17.0. The van der Waals surface area contributed by atoms with Crippen LogP contribution in [-0.4, -0.2) is 38.8 Å². The first-order chi connectivity index (χ1) is 14.4. The van der Waals surface area contributed by atoms with E-state index in [9.17, 15) is 18.0 Å². The second kappa shape index (κ2) is 8.22. The van der Waals surface area contributed by atoms with Crippen LogP contribution in [0.25, 0.3) is 11.3 Å². The maximum Gasteiger partial charge on any atom is 0.416 e. The van der Waals surface area contributed by atoms with E-state index in [4.69, 9.17) is 0 Å². The molecular formula is C22H19F3N4O. The summed E-state index contributed by atoms with van der Waals surface area (Å²) >= 11 is 0. The third-order valence-electron chi connectivity index (χ3n) is 5.19. The van der Waals surface area contributed by atoms with Crippen LogP contribution in [0.15, 0.2) is 61.2 Å². The summed E-state index contributed by atoms with van der Waals surface area (Å²) in [5.74, 6) is -0.0909. The molecule has 1 fully saturated rings. The van der Waals surface area contributed by atoms with Gasteiger partial charge >= 0.3 is 6.18 Å². The second-order valence-electron chi connectivity index (χ2n) is 7.23. The monoisotopic (exact) mass is 412 g/mol. The standard InChI is InChI=1S/C22H19F3N4O/c23-22(24,25)18-5-1-3-16(11-18)19-12-27-13-20(28-19)17-4-2-10-29(14-17)21(30)15-6-8-26-9-7-15/h1,3,5-9,11-13,17H,2,4,10,14H2. The van der Waals surface area contributed by atoms with Gasteiger partial charge in [-0.1, -0.05) is 12.1 Å². The fraction of sp³-hybridized carbons (Fsp3) is 0.273. The lowest BCUT2D eigenvalue weighted by atomic mass is 9.94. The number of nitrogens with zero attached hydrogens (tertiary/aromatic N) is 4. The van der Waals surface area contributed by atoms with Crippen molar-refractivity contribution in [2.75, 3.05) is 13.1 Å². The number of carbonyl (C=O) groups is 1. The molecule has 0 spiro atoms. The molecule has 30 heavy (non-hydrogen) atoms. The lowest BCUT2D eigenvalue weighted by molar-refractivity contribution is -0.137. The Labute approximate surface area is 171 Å². The molecule has 4 rings (SSSR count). The topological polar surface area (TPSA) is 59.0 Å². The fourth-order valence-electron chi connectivity index (χ4n) is 3.65. The van der Waals surface area contributed by atoms with Crippen LogP contribution in [0.3, 0.4) is 0 Å². The van der Waals surface area contributed by atoms with Gasteiger partial charge in [0.05, 0.1) is 23.1 Å². The second-order valence-corrected chi connectivity index (χ2v) is 7.23. The molecule has 5 nitrogen and oxygen atoms in total. The molecule has 0 radical (unpaired) electrons. The Morgan fingerprint density at radius 1 is 1.07 bits per heavy atom. The largest absolute Gasteiger partial charge is 0.416 e. The summed E-state index contributed by atoms with van der Waals surface area (Å²) in [4.78, 5) is 27.2. The molecule has 3 heterocycles. The third kappa shape index (κ3) is 4.32. The molecule has 8 heteroatoms. The van der Waals surface area contributed by atoms with Crippen LogP contribution in [-0.2, 0) is 6.18 Å². The number of piperidine rings is 1. The molecule has 3 aromatic rings. The predicted molar refractivity (Wildman–Crippen MR) is 105 cm³/mol. The van der Waals surface area contributed by atoms with Crippen LogP contribution >= 0.6 is 0 Å². The average molecular weight is 412 g/mol. The highest BCUT2D eigenvalue weighted by Crippen LogP contribution is 2.32. The summed E-state index contributed by atoms with van der Waals surface area (Å²) in [5, 5.41) is 0. The van der Waals surface area contributed by atoms with Crippen LogP contribution in [0.2, 0.25) is 0 Å². The summed E-state index contributed by atoms with van der Waals surface area (Å²) in [6.45, 7) is 1.14. The number of amides is 1. The van der Waals surface area contributed by atoms with Crippen molar-refractivity contribution < 1.29 is 18.0 Å². The van der Waals surface area contributed by atoms with Gasteiger partial charge in [0.15, 0.2) is 0 Å². The quantitative estimate of drug-likeness (QED) is 0.632. The lowest BCUT2D eigenvalue weighted by Gasteiger charge is -2.32. The molecule has 1 saturated heterocycles. The van der Waals surface area contributed by atoms with Crippen molar-refractivity contribution in [3.05, 3.63) is 78.0 Å². The van der Waals surface area contributed by atoms with Gasteiger partial charge in [0.2, 0.25) is 0 Å². The molecule has 0 aliphatic carbocycles. The zero-order valence-electron chi connectivity index (χ0n) is 16.0. The number of pyridine rings is 1. The molecule has 1 aliphatic heterocycles. The SMILES string of the molecule is O=C(c1ccncc1)N1CCCC(c2cncc(-c3cccc(C(F)(F)F)c3)n2)C1. The van der Waals surface area contributed by atoms with E-state index in [2.05, 4.69) is 15.0 Å². The molecule has 1 aromatic carbocycles. The van der Waals surface area contributed by atoms with E-state index in [1.54, 1.807) is 41.7 Å². The number of rotatable bonds is 3. The Kier molecular flexibility index (Phi) is 5.48. The predicted octanol–water partition coefficient (Wildman–Crippen LogP) is 4.58. The molecule has 0 bridgehead atoms. The number of hydrogen-bond donors (Lipinski definition) is 0. The van der Waals surface area contributed by atoms with E-state index in [1.165, 1.54) is 12.3 Å². The number of halogens is 3. The molecule has 0 saturated carbocycles. The van der Waals surface area contributed by atoms with Gasteiger partial charge in [-0.05, 0) is 37.1 Å². The molecule has 0 N–H and O–H groups in total. The Balaban J connectivity index is 1.56. The molecular weight excluding hydrogens is 393 g/mol. The summed E-state index contributed by atoms with van der Waals surface area (Å²) in [5.41, 5.74) is 1.28. The third-order valence-corrected chi connectivity index (χ3v) is 5.19. The van der Waals surface area contributed by atoms with Crippen LogP contribution < -0.4 is 0 Å². The molecule has 1 unspecified atom stereocenters. The zero-order valence-corrected chi connectivity index (χ0v) is 16.0. The molecule has 2 aromatic heterocycles. The maximum absolute atomic E-state index is 13.0. The highest BCUT2D eigenvalue weighted by molar-refractivity contribution is 5.94. The highest BCUT2D eigenvalue weighted by Gasteiger charge is 2.31.